The molecule has 0 aliphatic heterocycles. The molecule has 0 amide bonds. The second kappa shape index (κ2) is 10.2. The number of ketones is 2. The van der Waals surface area contributed by atoms with E-state index in [2.05, 4.69) is 32.7 Å². The largest absolute Gasteiger partial charge is 0.366 e. The number of carbonyl (C=O) groups is 4. The third-order valence-corrected chi connectivity index (χ3v) is 1.97. The van der Waals surface area contributed by atoms with Gasteiger partial charge in [-0.05, 0) is 25.0 Å². The predicted molar refractivity (Wildman–Crippen MR) is 72.9 cm³/mol. The minimum absolute atomic E-state index is 0.247. The van der Waals surface area contributed by atoms with Gasteiger partial charge in [0.05, 0.1) is 0 Å². The molecule has 0 saturated heterocycles. The highest BCUT2D eigenvalue weighted by atomic mass is 17.2. The topological polar surface area (TPSA) is 105 Å². The number of hydrogen-bond donors (Lipinski definition) is 0. The van der Waals surface area contributed by atoms with Crippen molar-refractivity contribution < 1.29 is 38.7 Å². The maximum atomic E-state index is 11.1. The highest BCUT2D eigenvalue weighted by Crippen LogP contribution is 1.94. The normalized spacial score (nSPS) is 10.1. The lowest BCUT2D eigenvalue weighted by Gasteiger charge is -2.01. The molecule has 0 aliphatic carbocycles. The minimum atomic E-state index is -1.04. The summed E-state index contributed by atoms with van der Waals surface area (Å²) in [6.45, 7) is 8.74. The molecule has 0 radical (unpaired) electrons. The summed E-state index contributed by atoms with van der Waals surface area (Å²) < 4.78 is 0. The Kier molecular flexibility index (Phi) is 9.00. The van der Waals surface area contributed by atoms with Gasteiger partial charge >= 0.3 is 11.9 Å². The van der Waals surface area contributed by atoms with Crippen molar-refractivity contribution in [1.82, 2.24) is 0 Å². The highest BCUT2D eigenvalue weighted by Gasteiger charge is 2.08. The van der Waals surface area contributed by atoms with Crippen LogP contribution in [0.5, 0.6) is 0 Å². The molecule has 0 atom stereocenters. The maximum Gasteiger partial charge on any atom is 0.366 e. The van der Waals surface area contributed by atoms with Gasteiger partial charge in [-0.3, -0.25) is 19.4 Å². The summed E-state index contributed by atoms with van der Waals surface area (Å²) in [5.41, 5.74) is 0.494. The first-order chi connectivity index (χ1) is 10.2. The van der Waals surface area contributed by atoms with Crippen LogP contribution in [0, 0.1) is 0 Å². The van der Waals surface area contributed by atoms with Crippen LogP contribution in [0.1, 0.15) is 13.8 Å². The Morgan fingerprint density at radius 2 is 1.09 bits per heavy atom. The molecule has 0 spiro atoms. The Labute approximate surface area is 126 Å². The second-order valence-corrected chi connectivity index (χ2v) is 4.07. The first-order valence-corrected chi connectivity index (χ1v) is 5.96. The molecule has 0 saturated carbocycles. The van der Waals surface area contributed by atoms with E-state index in [1.165, 1.54) is 13.8 Å². The van der Waals surface area contributed by atoms with Crippen molar-refractivity contribution in [2.45, 2.75) is 13.8 Å². The molecule has 0 aromatic rings. The van der Waals surface area contributed by atoms with E-state index in [0.717, 1.165) is 0 Å². The lowest BCUT2D eigenvalue weighted by atomic mass is 10.2. The summed E-state index contributed by atoms with van der Waals surface area (Å²) in [5.74, 6) is -2.95. The quantitative estimate of drug-likeness (QED) is 0.331. The number of hydrogen-bond acceptors (Lipinski definition) is 8. The molecule has 22 heavy (non-hydrogen) atoms. The van der Waals surface area contributed by atoms with E-state index in [9.17, 15) is 19.2 Å². The van der Waals surface area contributed by atoms with E-state index in [1.54, 1.807) is 0 Å². The smallest absolute Gasteiger partial charge is 0.293 e. The molecule has 0 fully saturated rings. The van der Waals surface area contributed by atoms with Crippen molar-refractivity contribution >= 4 is 23.5 Å². The van der Waals surface area contributed by atoms with Crippen LogP contribution < -0.4 is 0 Å². The van der Waals surface area contributed by atoms with Crippen LogP contribution in [0.25, 0.3) is 0 Å². The molecule has 120 valence electrons. The molecule has 0 aromatic carbocycles. The Hall–Kier alpha value is -2.58. The average Bonchev–Trinajstić information content (AvgIpc) is 2.44. The molecule has 0 heterocycles. The zero-order valence-corrected chi connectivity index (χ0v) is 12.2. The van der Waals surface area contributed by atoms with Crippen molar-refractivity contribution in [2.24, 2.45) is 0 Å². The van der Waals surface area contributed by atoms with Gasteiger partial charge in [-0.1, -0.05) is 13.2 Å². The molecular formula is C14H16O8. The van der Waals surface area contributed by atoms with Crippen LogP contribution in [0.2, 0.25) is 0 Å². The molecule has 8 nitrogen and oxygen atoms in total. The van der Waals surface area contributed by atoms with Gasteiger partial charge in [0, 0.05) is 12.2 Å². The summed E-state index contributed by atoms with van der Waals surface area (Å²) in [6, 6.07) is 0. The first-order valence-electron chi connectivity index (χ1n) is 5.96. The van der Waals surface area contributed by atoms with E-state index >= 15 is 0 Å². The Morgan fingerprint density at radius 3 is 1.36 bits per heavy atom. The van der Waals surface area contributed by atoms with Crippen LogP contribution >= 0.6 is 0 Å². The van der Waals surface area contributed by atoms with E-state index in [1.807, 2.05) is 0 Å². The first kappa shape index (κ1) is 19.4. The summed E-state index contributed by atoms with van der Waals surface area (Å²) in [6.07, 6.45) is 1.38. The number of Topliss-reactive ketones (excluding diaryl/α,β-unsaturated/α-hetero) is 2. The van der Waals surface area contributed by atoms with Crippen LogP contribution in [0.3, 0.4) is 0 Å². The van der Waals surface area contributed by atoms with Crippen molar-refractivity contribution in [3.05, 3.63) is 36.5 Å². The molecule has 0 aliphatic rings. The summed E-state index contributed by atoms with van der Waals surface area (Å²) in [5, 5.41) is 0. The van der Waals surface area contributed by atoms with Crippen LogP contribution in [-0.4, -0.2) is 36.7 Å². The fourth-order valence-electron chi connectivity index (χ4n) is 0.720. The Balaban J connectivity index is 3.94. The summed E-state index contributed by atoms with van der Waals surface area (Å²) in [7, 11) is 0. The van der Waals surface area contributed by atoms with Crippen molar-refractivity contribution in [3.8, 4) is 0 Å². The zero-order valence-electron chi connectivity index (χ0n) is 12.2. The molecule has 0 unspecified atom stereocenters. The van der Waals surface area contributed by atoms with Gasteiger partial charge in [-0.25, -0.2) is 9.59 Å². The maximum absolute atomic E-state index is 11.1. The fraction of sp³-hybridized carbons (Fsp3) is 0.286. The van der Waals surface area contributed by atoms with Crippen LogP contribution in [0.4, 0.5) is 0 Å². The van der Waals surface area contributed by atoms with E-state index in [0.29, 0.717) is 12.2 Å². The molecule has 0 rings (SSSR count). The Bertz CT molecular complexity index is 469. The van der Waals surface area contributed by atoms with Crippen molar-refractivity contribution in [1.29, 1.82) is 0 Å². The highest BCUT2D eigenvalue weighted by molar-refractivity contribution is 5.95. The van der Waals surface area contributed by atoms with E-state index in [-0.39, 0.29) is 11.1 Å². The van der Waals surface area contributed by atoms with Gasteiger partial charge in [0.2, 0.25) is 0 Å². The lowest BCUT2D eigenvalue weighted by molar-refractivity contribution is -0.264. The van der Waals surface area contributed by atoms with Gasteiger partial charge in [0.25, 0.3) is 0 Å². The Morgan fingerprint density at radius 1 is 0.773 bits per heavy atom. The van der Waals surface area contributed by atoms with Crippen molar-refractivity contribution in [2.75, 3.05) is 13.2 Å². The lowest BCUT2D eigenvalue weighted by Crippen LogP contribution is -2.13. The van der Waals surface area contributed by atoms with Crippen molar-refractivity contribution in [3.63, 3.8) is 0 Å². The third kappa shape index (κ3) is 9.34. The average molecular weight is 312 g/mol. The third-order valence-electron chi connectivity index (χ3n) is 1.97. The van der Waals surface area contributed by atoms with E-state index in [4.69, 9.17) is 0 Å². The zero-order chi connectivity index (χ0) is 17.1. The van der Waals surface area contributed by atoms with Gasteiger partial charge in [0.15, 0.2) is 24.8 Å². The van der Waals surface area contributed by atoms with Crippen LogP contribution in [0.15, 0.2) is 36.5 Å². The van der Waals surface area contributed by atoms with E-state index < -0.39 is 36.7 Å². The molecular weight excluding hydrogens is 296 g/mol. The monoisotopic (exact) mass is 312 g/mol. The molecule has 0 aromatic heterocycles. The predicted octanol–water partition coefficient (Wildman–Crippen LogP) is 0.783. The van der Waals surface area contributed by atoms with Gasteiger partial charge < -0.3 is 0 Å². The minimum Gasteiger partial charge on any atom is -0.293 e. The standard InChI is InChI=1S/C14H16O8/c1-9(2)11(15)7-19-21-13(17)5-6-14(18)22-20-8-12(16)10(3)4/h5-6H,1,3,7-8H2,2,4H3/b6-5-. The van der Waals surface area contributed by atoms with Gasteiger partial charge in [-0.2, -0.15) is 9.78 Å². The molecule has 0 bridgehead atoms. The summed E-state index contributed by atoms with van der Waals surface area (Å²) in [4.78, 5) is 61.3. The second-order valence-electron chi connectivity index (χ2n) is 4.07. The van der Waals surface area contributed by atoms with Crippen LogP contribution in [-0.2, 0) is 38.7 Å². The van der Waals surface area contributed by atoms with Gasteiger partial charge in [-0.15, -0.1) is 0 Å². The SMILES string of the molecule is C=C(C)C(=O)COOC(=O)/C=C\C(=O)OOCC(=O)C(=C)C. The summed E-state index contributed by atoms with van der Waals surface area (Å²) >= 11 is 0. The fourth-order valence-corrected chi connectivity index (χ4v) is 0.720. The number of carbonyl (C=O) groups excluding carboxylic acids is 4. The van der Waals surface area contributed by atoms with Gasteiger partial charge in [0.1, 0.15) is 0 Å². The number of rotatable bonds is 10. The molecule has 0 N–H and O–H groups in total. The molecule has 8 heteroatoms.